The second-order valence-corrected chi connectivity index (χ2v) is 7.82. The summed E-state index contributed by atoms with van der Waals surface area (Å²) in [6.07, 6.45) is -3.02. The maximum absolute atomic E-state index is 14.3. The molecule has 3 rings (SSSR count). The largest absolute Gasteiger partial charge is 0.491 e. The summed E-state index contributed by atoms with van der Waals surface area (Å²) in [4.78, 5) is 17.8. The van der Waals surface area contributed by atoms with Gasteiger partial charge in [0.1, 0.15) is 18.2 Å². The lowest BCUT2D eigenvalue weighted by molar-refractivity contribution is -0.159. The number of carbonyl (C=O) groups is 1. The summed E-state index contributed by atoms with van der Waals surface area (Å²) < 4.78 is 62.2. The Morgan fingerprint density at radius 2 is 2.16 bits per heavy atom. The summed E-state index contributed by atoms with van der Waals surface area (Å²) in [5.74, 6) is -2.65. The Balaban J connectivity index is 1.66. The van der Waals surface area contributed by atoms with Gasteiger partial charge in [-0.2, -0.15) is 18.2 Å². The number of likely N-dealkylation sites (tertiary alicyclic amines) is 1. The fourth-order valence-electron chi connectivity index (χ4n) is 3.39. The number of benzene rings is 1. The zero-order chi connectivity index (χ0) is 22.8. The molecule has 11 heteroatoms. The highest BCUT2D eigenvalue weighted by molar-refractivity contribution is 5.79. The fourth-order valence-corrected chi connectivity index (χ4v) is 3.39. The van der Waals surface area contributed by atoms with Gasteiger partial charge < -0.3 is 19.5 Å². The number of carbonyl (C=O) groups excluding carboxylic acids is 1. The molecule has 0 saturated carbocycles. The van der Waals surface area contributed by atoms with Gasteiger partial charge in [-0.3, -0.25) is 4.79 Å². The summed E-state index contributed by atoms with van der Waals surface area (Å²) in [5.41, 5.74) is 0.162. The lowest BCUT2D eigenvalue weighted by Crippen LogP contribution is -2.45. The minimum atomic E-state index is -4.80. The van der Waals surface area contributed by atoms with Crippen LogP contribution in [0.15, 0.2) is 16.7 Å². The number of hydrogen-bond acceptors (Lipinski definition) is 6. The molecule has 2 aromatic rings. The number of alkyl halides is 3. The molecule has 1 aromatic heterocycles. The molecule has 31 heavy (non-hydrogen) atoms. The van der Waals surface area contributed by atoms with Crippen LogP contribution < -0.4 is 10.1 Å². The lowest BCUT2D eigenvalue weighted by atomic mass is 9.97. The van der Waals surface area contributed by atoms with Gasteiger partial charge in [-0.15, -0.1) is 0 Å². The molecule has 1 aliphatic rings. The highest BCUT2D eigenvalue weighted by Gasteiger charge is 2.38. The Morgan fingerprint density at radius 3 is 2.81 bits per heavy atom. The maximum Gasteiger partial charge on any atom is 0.471 e. The van der Waals surface area contributed by atoms with E-state index < -0.39 is 23.7 Å². The molecule has 2 heterocycles. The summed E-state index contributed by atoms with van der Waals surface area (Å²) in [7, 11) is 1.97. The minimum absolute atomic E-state index is 0.0146. The Labute approximate surface area is 176 Å². The summed E-state index contributed by atoms with van der Waals surface area (Å²) >= 11 is 0. The van der Waals surface area contributed by atoms with E-state index in [1.807, 2.05) is 7.05 Å². The van der Waals surface area contributed by atoms with E-state index in [1.165, 1.54) is 13.0 Å². The molecule has 0 bridgehead atoms. The zero-order valence-corrected chi connectivity index (χ0v) is 17.4. The highest BCUT2D eigenvalue weighted by atomic mass is 19.4. The molecule has 0 aliphatic carbocycles. The van der Waals surface area contributed by atoms with E-state index in [2.05, 4.69) is 24.9 Å². The third-order valence-electron chi connectivity index (χ3n) is 5.10. The first-order chi connectivity index (χ1) is 14.5. The van der Waals surface area contributed by atoms with Crippen LogP contribution in [0.3, 0.4) is 0 Å². The number of aromatic nitrogens is 2. The van der Waals surface area contributed by atoms with Crippen LogP contribution in [0.4, 0.5) is 17.6 Å². The fraction of sp³-hybridized carbons (Fsp3) is 0.550. The van der Waals surface area contributed by atoms with E-state index in [1.54, 1.807) is 6.92 Å². The number of nitrogens with one attached hydrogen (secondary N) is 1. The van der Waals surface area contributed by atoms with Gasteiger partial charge in [0.15, 0.2) is 0 Å². The Morgan fingerprint density at radius 1 is 1.42 bits per heavy atom. The summed E-state index contributed by atoms with van der Waals surface area (Å²) in [6.45, 7) is 4.95. The molecule has 0 radical (unpaired) electrons. The molecule has 2 atom stereocenters. The average molecular weight is 444 g/mol. The van der Waals surface area contributed by atoms with Gasteiger partial charge in [-0.1, -0.05) is 5.16 Å². The molecule has 1 aliphatic heterocycles. The third-order valence-corrected chi connectivity index (χ3v) is 5.10. The predicted molar refractivity (Wildman–Crippen MR) is 103 cm³/mol. The minimum Gasteiger partial charge on any atom is -0.491 e. The normalized spacial score (nSPS) is 18.6. The van der Waals surface area contributed by atoms with Crippen LogP contribution in [0, 0.1) is 18.7 Å². The van der Waals surface area contributed by atoms with Crippen molar-refractivity contribution in [2.45, 2.75) is 38.9 Å². The Bertz CT molecular complexity index is 932. The van der Waals surface area contributed by atoms with Crippen LogP contribution in [0.5, 0.6) is 5.75 Å². The van der Waals surface area contributed by atoms with Crippen LogP contribution in [0.1, 0.15) is 31.2 Å². The van der Waals surface area contributed by atoms with Crippen molar-refractivity contribution in [3.63, 3.8) is 0 Å². The number of ether oxygens (including phenoxy) is 1. The molecule has 1 saturated heterocycles. The second kappa shape index (κ2) is 9.21. The van der Waals surface area contributed by atoms with E-state index >= 15 is 0 Å². The van der Waals surface area contributed by atoms with Crippen molar-refractivity contribution in [1.82, 2.24) is 20.4 Å². The monoisotopic (exact) mass is 444 g/mol. The molecule has 0 unspecified atom stereocenters. The first-order valence-corrected chi connectivity index (χ1v) is 9.87. The van der Waals surface area contributed by atoms with Crippen LogP contribution in [0.25, 0.3) is 11.4 Å². The van der Waals surface area contributed by atoms with E-state index in [9.17, 15) is 22.4 Å². The van der Waals surface area contributed by atoms with Gasteiger partial charge in [-0.25, -0.2) is 4.39 Å². The SMILES string of the molecule is Cc1c(F)cc(-c2noc(C(F)(F)F)n2)cc1OC[C@H](C)NC(=O)[C@@H]1CCCN(C)C1. The standard InChI is InChI=1S/C20H24F4N4O3/c1-11(25-18(29)13-5-4-6-28(3)9-13)10-30-16-8-14(7-15(21)12(16)2)17-26-19(31-27-17)20(22,23)24/h7-8,11,13H,4-6,9-10H2,1-3H3,(H,25,29)/t11-,13+/m0/s1. The van der Waals surface area contributed by atoms with Crippen molar-refractivity contribution in [3.05, 3.63) is 29.4 Å². The number of halogens is 4. The van der Waals surface area contributed by atoms with Crippen molar-refractivity contribution in [2.24, 2.45) is 5.92 Å². The second-order valence-electron chi connectivity index (χ2n) is 7.82. The van der Waals surface area contributed by atoms with Crippen molar-refractivity contribution < 1.29 is 31.6 Å². The van der Waals surface area contributed by atoms with Crippen molar-refractivity contribution in [2.75, 3.05) is 26.7 Å². The topological polar surface area (TPSA) is 80.5 Å². The van der Waals surface area contributed by atoms with Crippen LogP contribution >= 0.6 is 0 Å². The Kier molecular flexibility index (Phi) is 6.83. The number of nitrogens with zero attached hydrogens (tertiary/aromatic N) is 3. The van der Waals surface area contributed by atoms with E-state index in [0.29, 0.717) is 6.54 Å². The molecular formula is C20H24F4N4O3. The molecule has 1 aromatic carbocycles. The quantitative estimate of drug-likeness (QED) is 0.688. The van der Waals surface area contributed by atoms with Gasteiger partial charge in [0, 0.05) is 17.7 Å². The van der Waals surface area contributed by atoms with Crippen molar-refractivity contribution in [3.8, 4) is 17.1 Å². The van der Waals surface area contributed by atoms with Gasteiger partial charge in [0.2, 0.25) is 11.7 Å². The summed E-state index contributed by atoms with van der Waals surface area (Å²) in [5, 5.41) is 6.16. The first-order valence-electron chi connectivity index (χ1n) is 9.87. The molecule has 7 nitrogen and oxygen atoms in total. The number of hydrogen-bond donors (Lipinski definition) is 1. The van der Waals surface area contributed by atoms with E-state index in [0.717, 1.165) is 25.5 Å². The van der Waals surface area contributed by atoms with Crippen LogP contribution in [-0.4, -0.2) is 53.7 Å². The first kappa shape index (κ1) is 23.0. The van der Waals surface area contributed by atoms with Gasteiger partial charge in [0.25, 0.3) is 0 Å². The highest BCUT2D eigenvalue weighted by Crippen LogP contribution is 2.32. The maximum atomic E-state index is 14.3. The van der Waals surface area contributed by atoms with Gasteiger partial charge in [-0.05, 0) is 52.4 Å². The molecule has 1 N–H and O–H groups in total. The third kappa shape index (κ3) is 5.72. The average Bonchev–Trinajstić information content (AvgIpc) is 3.20. The molecule has 1 fully saturated rings. The van der Waals surface area contributed by atoms with Crippen molar-refractivity contribution >= 4 is 5.91 Å². The molecule has 1 amide bonds. The Hall–Kier alpha value is -2.69. The molecular weight excluding hydrogens is 420 g/mol. The molecule has 0 spiro atoms. The van der Waals surface area contributed by atoms with Gasteiger partial charge in [0.05, 0.1) is 12.0 Å². The van der Waals surface area contributed by atoms with E-state index in [-0.39, 0.29) is 41.4 Å². The summed E-state index contributed by atoms with van der Waals surface area (Å²) in [6, 6.07) is 2.00. The van der Waals surface area contributed by atoms with Crippen molar-refractivity contribution in [1.29, 1.82) is 0 Å². The zero-order valence-electron chi connectivity index (χ0n) is 17.4. The number of amides is 1. The van der Waals surface area contributed by atoms with Crippen LogP contribution in [-0.2, 0) is 11.0 Å². The lowest BCUT2D eigenvalue weighted by Gasteiger charge is -2.29. The number of rotatable bonds is 6. The smallest absolute Gasteiger partial charge is 0.471 e. The predicted octanol–water partition coefficient (Wildman–Crippen LogP) is 3.43. The van der Waals surface area contributed by atoms with Crippen LogP contribution in [0.2, 0.25) is 0 Å². The van der Waals surface area contributed by atoms with Gasteiger partial charge >= 0.3 is 12.1 Å². The number of piperidine rings is 1. The van der Waals surface area contributed by atoms with E-state index in [4.69, 9.17) is 4.74 Å². The molecule has 170 valence electrons.